The average molecular weight is 378 g/mol. The van der Waals surface area contributed by atoms with Gasteiger partial charge >= 0.3 is 5.97 Å². The number of nitrogens with one attached hydrogen (secondary N) is 2. The maximum absolute atomic E-state index is 12.1. The number of hydrogen-bond acceptors (Lipinski definition) is 6. The van der Waals surface area contributed by atoms with Crippen molar-refractivity contribution in [2.24, 2.45) is 0 Å². The van der Waals surface area contributed by atoms with Crippen LogP contribution in [0.3, 0.4) is 0 Å². The van der Waals surface area contributed by atoms with Gasteiger partial charge in [-0.25, -0.2) is 4.79 Å². The minimum atomic E-state index is -0.599. The van der Waals surface area contributed by atoms with Crippen LogP contribution in [-0.2, 0) is 9.53 Å². The van der Waals surface area contributed by atoms with E-state index in [0.29, 0.717) is 11.3 Å². The monoisotopic (exact) mass is 377 g/mol. The molecule has 0 saturated carbocycles. The molecule has 0 aliphatic heterocycles. The molecular weight excluding hydrogens is 362 g/mol. The summed E-state index contributed by atoms with van der Waals surface area (Å²) in [4.78, 5) is 34.2. The minimum absolute atomic E-state index is 0.110. The number of carbonyl (C=O) groups excluding carboxylic acids is 2. The van der Waals surface area contributed by atoms with Gasteiger partial charge in [-0.15, -0.1) is 0 Å². The molecule has 26 heavy (non-hydrogen) atoms. The topological polar surface area (TPSA) is 111 Å². The summed E-state index contributed by atoms with van der Waals surface area (Å²) < 4.78 is 4.63. The smallest absolute Gasteiger partial charge is 0.339 e. The normalized spacial score (nSPS) is 10.1. The zero-order chi connectivity index (χ0) is 19.3. The summed E-state index contributed by atoms with van der Waals surface area (Å²) >= 11 is 5.93. The first-order chi connectivity index (χ1) is 12.3. The van der Waals surface area contributed by atoms with Gasteiger partial charge in [0.1, 0.15) is 5.69 Å². The maximum atomic E-state index is 12.1. The number of halogens is 1. The second kappa shape index (κ2) is 8.30. The van der Waals surface area contributed by atoms with Crippen molar-refractivity contribution in [1.82, 2.24) is 0 Å². The summed E-state index contributed by atoms with van der Waals surface area (Å²) in [6.45, 7) is 1.56. The van der Waals surface area contributed by atoms with Crippen molar-refractivity contribution in [2.75, 3.05) is 24.3 Å². The molecule has 0 aliphatic rings. The van der Waals surface area contributed by atoms with Gasteiger partial charge in [0.25, 0.3) is 5.69 Å². The lowest BCUT2D eigenvalue weighted by Crippen LogP contribution is -2.22. The maximum Gasteiger partial charge on any atom is 0.339 e. The fourth-order valence-corrected chi connectivity index (χ4v) is 2.37. The van der Waals surface area contributed by atoms with Gasteiger partial charge in [0.05, 0.1) is 29.2 Å². The molecule has 0 heterocycles. The standard InChI is InChI=1S/C17H16ClN3O5/c1-10-3-6-14(15(7-10)21(24)25)20-16(22)9-19-11-4-5-13(18)12(8-11)17(23)26-2/h3-8,19H,9H2,1-2H3,(H,20,22). The molecule has 136 valence electrons. The summed E-state index contributed by atoms with van der Waals surface area (Å²) in [5.41, 5.74) is 1.28. The predicted molar refractivity (Wildman–Crippen MR) is 97.7 cm³/mol. The van der Waals surface area contributed by atoms with Gasteiger partial charge in [0, 0.05) is 11.8 Å². The Morgan fingerprint density at radius 2 is 1.96 bits per heavy atom. The van der Waals surface area contributed by atoms with Crippen LogP contribution in [0.2, 0.25) is 5.02 Å². The number of hydrogen-bond donors (Lipinski definition) is 2. The summed E-state index contributed by atoms with van der Waals surface area (Å²) in [5.74, 6) is -1.08. The van der Waals surface area contributed by atoms with Gasteiger partial charge in [0.15, 0.2) is 0 Å². The highest BCUT2D eigenvalue weighted by molar-refractivity contribution is 6.33. The zero-order valence-corrected chi connectivity index (χ0v) is 14.8. The van der Waals surface area contributed by atoms with E-state index in [0.717, 1.165) is 0 Å². The Labute approximate surface area is 154 Å². The number of anilines is 2. The number of carbonyl (C=O) groups is 2. The number of aryl methyl sites for hydroxylation is 1. The molecule has 8 nitrogen and oxygen atoms in total. The van der Waals surface area contributed by atoms with E-state index in [2.05, 4.69) is 15.4 Å². The molecule has 2 rings (SSSR count). The number of esters is 1. The largest absolute Gasteiger partial charge is 0.465 e. The molecule has 2 aromatic rings. The van der Waals surface area contributed by atoms with E-state index < -0.39 is 16.8 Å². The third-order valence-electron chi connectivity index (χ3n) is 3.45. The first-order valence-corrected chi connectivity index (χ1v) is 7.86. The molecule has 2 N–H and O–H groups in total. The zero-order valence-electron chi connectivity index (χ0n) is 14.0. The molecule has 2 aromatic carbocycles. The van der Waals surface area contributed by atoms with Crippen LogP contribution in [-0.4, -0.2) is 30.5 Å². The number of amides is 1. The Hall–Kier alpha value is -3.13. The van der Waals surface area contributed by atoms with E-state index in [4.69, 9.17) is 11.6 Å². The summed E-state index contributed by atoms with van der Waals surface area (Å²) in [5, 5.41) is 16.6. The third-order valence-corrected chi connectivity index (χ3v) is 3.78. The molecule has 0 aliphatic carbocycles. The lowest BCUT2D eigenvalue weighted by molar-refractivity contribution is -0.384. The predicted octanol–water partition coefficient (Wildman–Crippen LogP) is 3.39. The Morgan fingerprint density at radius 3 is 2.62 bits per heavy atom. The van der Waals surface area contributed by atoms with Gasteiger partial charge in [-0.05, 0) is 36.8 Å². The molecule has 0 spiro atoms. The summed E-state index contributed by atoms with van der Waals surface area (Å²) in [6, 6.07) is 9.07. The Kier molecular flexibility index (Phi) is 6.13. The van der Waals surface area contributed by atoms with Crippen molar-refractivity contribution in [2.45, 2.75) is 6.92 Å². The molecule has 0 unspecified atom stereocenters. The van der Waals surface area contributed by atoms with E-state index in [-0.39, 0.29) is 28.5 Å². The first-order valence-electron chi connectivity index (χ1n) is 7.48. The van der Waals surface area contributed by atoms with Gasteiger partial charge in [-0.3, -0.25) is 14.9 Å². The highest BCUT2D eigenvalue weighted by Gasteiger charge is 2.16. The first kappa shape index (κ1) is 19.2. The van der Waals surface area contributed by atoms with Crippen molar-refractivity contribution in [3.8, 4) is 0 Å². The van der Waals surface area contributed by atoms with E-state index in [1.807, 2.05) is 0 Å². The van der Waals surface area contributed by atoms with Crippen molar-refractivity contribution < 1.29 is 19.2 Å². The molecule has 0 fully saturated rings. The fraction of sp³-hybridized carbons (Fsp3) is 0.176. The van der Waals surface area contributed by atoms with Gasteiger partial charge in [-0.1, -0.05) is 17.7 Å². The number of ether oxygens (including phenoxy) is 1. The van der Waals surface area contributed by atoms with Crippen LogP contribution in [0.4, 0.5) is 17.1 Å². The number of rotatable bonds is 6. The highest BCUT2D eigenvalue weighted by Crippen LogP contribution is 2.25. The minimum Gasteiger partial charge on any atom is -0.465 e. The van der Waals surface area contributed by atoms with Crippen LogP contribution in [0.5, 0.6) is 0 Å². The van der Waals surface area contributed by atoms with Crippen molar-refractivity contribution in [3.63, 3.8) is 0 Å². The van der Waals surface area contributed by atoms with Gasteiger partial charge in [0.2, 0.25) is 5.91 Å². The Bertz CT molecular complexity index is 869. The second-order valence-electron chi connectivity index (χ2n) is 5.37. The lowest BCUT2D eigenvalue weighted by atomic mass is 10.2. The molecular formula is C17H16ClN3O5. The van der Waals surface area contributed by atoms with Gasteiger partial charge < -0.3 is 15.4 Å². The Balaban J connectivity index is 2.06. The lowest BCUT2D eigenvalue weighted by Gasteiger charge is -2.10. The molecule has 1 amide bonds. The molecule has 0 saturated heterocycles. The van der Waals surface area contributed by atoms with Crippen LogP contribution in [0.25, 0.3) is 0 Å². The SMILES string of the molecule is COC(=O)c1cc(NCC(=O)Nc2ccc(C)cc2[N+](=O)[O-])ccc1Cl. The number of benzene rings is 2. The third kappa shape index (κ3) is 4.70. The molecule has 0 aromatic heterocycles. The molecule has 0 atom stereocenters. The number of methoxy groups -OCH3 is 1. The average Bonchev–Trinajstić information content (AvgIpc) is 2.61. The van der Waals surface area contributed by atoms with Crippen LogP contribution in [0.1, 0.15) is 15.9 Å². The van der Waals surface area contributed by atoms with E-state index in [1.165, 1.54) is 31.4 Å². The Morgan fingerprint density at radius 1 is 1.23 bits per heavy atom. The quantitative estimate of drug-likeness (QED) is 0.453. The molecule has 0 bridgehead atoms. The van der Waals surface area contributed by atoms with Crippen LogP contribution in [0, 0.1) is 17.0 Å². The van der Waals surface area contributed by atoms with Crippen LogP contribution < -0.4 is 10.6 Å². The number of nitrogens with zero attached hydrogens (tertiary/aromatic N) is 1. The summed E-state index contributed by atoms with van der Waals surface area (Å²) in [6.07, 6.45) is 0. The highest BCUT2D eigenvalue weighted by atomic mass is 35.5. The van der Waals surface area contributed by atoms with E-state index in [1.54, 1.807) is 19.1 Å². The molecule has 9 heteroatoms. The number of nitro groups is 1. The van der Waals surface area contributed by atoms with Crippen LogP contribution >= 0.6 is 11.6 Å². The molecule has 0 radical (unpaired) electrons. The van der Waals surface area contributed by atoms with Gasteiger partial charge in [-0.2, -0.15) is 0 Å². The second-order valence-corrected chi connectivity index (χ2v) is 5.77. The van der Waals surface area contributed by atoms with Crippen molar-refractivity contribution in [3.05, 3.63) is 62.7 Å². The fourth-order valence-electron chi connectivity index (χ4n) is 2.18. The van der Waals surface area contributed by atoms with Crippen LogP contribution in [0.15, 0.2) is 36.4 Å². The summed E-state index contributed by atoms with van der Waals surface area (Å²) in [7, 11) is 1.24. The van der Waals surface area contributed by atoms with Crippen molar-refractivity contribution in [1.29, 1.82) is 0 Å². The van der Waals surface area contributed by atoms with Crippen molar-refractivity contribution >= 4 is 40.5 Å². The number of nitro benzene ring substituents is 1. The van der Waals surface area contributed by atoms with E-state index >= 15 is 0 Å². The van der Waals surface area contributed by atoms with E-state index in [9.17, 15) is 19.7 Å².